The van der Waals surface area contributed by atoms with Crippen LogP contribution in [0.25, 0.3) is 0 Å². The first kappa shape index (κ1) is 16.5. The Morgan fingerprint density at radius 1 is 1.18 bits per heavy atom. The molecule has 0 spiro atoms. The number of hydrogen-bond acceptors (Lipinski definition) is 5. The van der Waals surface area contributed by atoms with Crippen molar-refractivity contribution in [1.29, 1.82) is 0 Å². The van der Waals surface area contributed by atoms with E-state index in [0.29, 0.717) is 19.6 Å². The van der Waals surface area contributed by atoms with E-state index in [1.165, 1.54) is 6.92 Å². The maximum atomic E-state index is 9.39. The molecule has 0 aliphatic rings. The molecule has 0 aromatic rings. The Bertz CT molecular complexity index is 205. The lowest BCUT2D eigenvalue weighted by atomic mass is 9.88. The lowest BCUT2D eigenvalue weighted by Crippen LogP contribution is -2.38. The summed E-state index contributed by atoms with van der Waals surface area (Å²) in [5, 5.41) is 27.6. The Kier molecular flexibility index (Phi) is 7.58. The first-order chi connectivity index (χ1) is 7.89. The zero-order valence-corrected chi connectivity index (χ0v) is 10.7. The Balaban J connectivity index is 4.15. The molecule has 17 heavy (non-hydrogen) atoms. The van der Waals surface area contributed by atoms with Crippen molar-refractivity contribution >= 4 is 0 Å². The third-order valence-corrected chi connectivity index (χ3v) is 2.51. The van der Waals surface area contributed by atoms with Crippen molar-refractivity contribution in [2.45, 2.75) is 26.1 Å². The second kappa shape index (κ2) is 7.79. The number of aliphatic hydroxyl groups excluding tert-OH is 1. The number of rotatable bonds is 10. The van der Waals surface area contributed by atoms with Gasteiger partial charge in [-0.2, -0.15) is 0 Å². The molecular weight excluding hydrogens is 224 g/mol. The molecule has 0 aliphatic carbocycles. The third kappa shape index (κ3) is 7.46. The predicted molar refractivity (Wildman–Crippen MR) is 64.5 cm³/mol. The van der Waals surface area contributed by atoms with Gasteiger partial charge >= 0.3 is 0 Å². The van der Waals surface area contributed by atoms with E-state index in [4.69, 9.17) is 19.7 Å². The predicted octanol–water partition coefficient (Wildman–Crippen LogP) is 0.295. The largest absolute Gasteiger partial charge is 0.396 e. The van der Waals surface area contributed by atoms with Crippen LogP contribution in [0, 0.1) is 5.41 Å². The van der Waals surface area contributed by atoms with E-state index in [-0.39, 0.29) is 19.8 Å². The lowest BCUT2D eigenvalue weighted by molar-refractivity contribution is -0.193. The molecule has 0 aromatic heterocycles. The van der Waals surface area contributed by atoms with E-state index in [0.717, 1.165) is 0 Å². The molecule has 0 amide bonds. The topological polar surface area (TPSA) is 79.2 Å². The molecule has 0 heterocycles. The van der Waals surface area contributed by atoms with Gasteiger partial charge < -0.3 is 24.8 Å². The molecule has 102 valence electrons. The van der Waals surface area contributed by atoms with Gasteiger partial charge in [-0.3, -0.25) is 0 Å². The van der Waals surface area contributed by atoms with Crippen molar-refractivity contribution in [1.82, 2.24) is 0 Å². The third-order valence-electron chi connectivity index (χ3n) is 2.51. The van der Waals surface area contributed by atoms with E-state index in [9.17, 15) is 5.11 Å². The smallest absolute Gasteiger partial charge is 0.183 e. The highest BCUT2D eigenvalue weighted by molar-refractivity contribution is 4.78. The van der Waals surface area contributed by atoms with Gasteiger partial charge in [0, 0.05) is 5.41 Å². The monoisotopic (exact) mass is 248 g/mol. The number of aliphatic hydroxyl groups is 3. The molecule has 0 fully saturated rings. The highest BCUT2D eigenvalue weighted by atomic mass is 16.6. The van der Waals surface area contributed by atoms with Crippen LogP contribution in [0.2, 0.25) is 0 Å². The molecule has 5 heteroatoms. The van der Waals surface area contributed by atoms with Gasteiger partial charge in [0.15, 0.2) is 5.79 Å². The summed E-state index contributed by atoms with van der Waals surface area (Å²) in [6.07, 6.45) is 2.31. The lowest BCUT2D eigenvalue weighted by Gasteiger charge is -2.31. The van der Waals surface area contributed by atoms with Crippen molar-refractivity contribution in [2.24, 2.45) is 5.41 Å². The normalized spacial score (nSPS) is 15.6. The van der Waals surface area contributed by atoms with E-state index < -0.39 is 11.2 Å². The highest BCUT2D eigenvalue weighted by Crippen LogP contribution is 2.22. The minimum Gasteiger partial charge on any atom is -0.396 e. The van der Waals surface area contributed by atoms with E-state index in [2.05, 4.69) is 6.58 Å². The molecule has 0 aliphatic heterocycles. The van der Waals surface area contributed by atoms with Crippen LogP contribution in [-0.2, 0) is 9.47 Å². The maximum absolute atomic E-state index is 9.39. The van der Waals surface area contributed by atoms with Gasteiger partial charge in [0.25, 0.3) is 0 Å². The second-order valence-corrected chi connectivity index (χ2v) is 4.53. The molecule has 0 radical (unpaired) electrons. The minimum absolute atomic E-state index is 0.0752. The minimum atomic E-state index is -1.85. The molecule has 5 nitrogen and oxygen atoms in total. The Hall–Kier alpha value is -0.460. The maximum Gasteiger partial charge on any atom is 0.183 e. The van der Waals surface area contributed by atoms with Crippen molar-refractivity contribution < 1.29 is 24.8 Å². The zero-order valence-electron chi connectivity index (χ0n) is 10.7. The molecule has 0 bridgehead atoms. The zero-order chi connectivity index (χ0) is 13.4. The number of hydrogen-bond donors (Lipinski definition) is 3. The van der Waals surface area contributed by atoms with Crippen LogP contribution in [0.5, 0.6) is 0 Å². The molecule has 0 aromatic carbocycles. The van der Waals surface area contributed by atoms with Crippen molar-refractivity contribution in [2.75, 3.05) is 33.0 Å². The number of ether oxygens (including phenoxy) is 2. The summed E-state index contributed by atoms with van der Waals surface area (Å²) in [7, 11) is 0. The van der Waals surface area contributed by atoms with E-state index in [1.54, 1.807) is 6.08 Å². The van der Waals surface area contributed by atoms with Gasteiger partial charge in [-0.1, -0.05) is 13.0 Å². The van der Waals surface area contributed by atoms with Crippen LogP contribution >= 0.6 is 0 Å². The van der Waals surface area contributed by atoms with E-state index >= 15 is 0 Å². The summed E-state index contributed by atoms with van der Waals surface area (Å²) in [6, 6.07) is 0. The fourth-order valence-corrected chi connectivity index (χ4v) is 1.27. The molecule has 0 rings (SSSR count). The Labute approximate surface area is 103 Å². The molecule has 3 N–H and O–H groups in total. The fraction of sp³-hybridized carbons (Fsp3) is 0.833. The first-order valence-corrected chi connectivity index (χ1v) is 5.71. The SMILES string of the molecule is C=CCOCC(CC)(CO)COCC(C)(O)O. The van der Waals surface area contributed by atoms with Crippen LogP contribution in [0.1, 0.15) is 20.3 Å². The molecule has 1 atom stereocenters. The average Bonchev–Trinajstić information content (AvgIpc) is 2.26. The quantitative estimate of drug-likeness (QED) is 0.294. The Morgan fingerprint density at radius 3 is 2.18 bits per heavy atom. The summed E-state index contributed by atoms with van der Waals surface area (Å²) >= 11 is 0. The van der Waals surface area contributed by atoms with Crippen LogP contribution in [0.15, 0.2) is 12.7 Å². The summed E-state index contributed by atoms with van der Waals surface area (Å²) < 4.78 is 10.5. The summed E-state index contributed by atoms with van der Waals surface area (Å²) in [5.74, 6) is -1.85. The van der Waals surface area contributed by atoms with Gasteiger partial charge in [-0.25, -0.2) is 0 Å². The van der Waals surface area contributed by atoms with Gasteiger partial charge in [0.2, 0.25) is 0 Å². The van der Waals surface area contributed by atoms with Crippen LogP contribution in [0.3, 0.4) is 0 Å². The molecule has 0 saturated carbocycles. The van der Waals surface area contributed by atoms with Crippen LogP contribution in [0.4, 0.5) is 0 Å². The van der Waals surface area contributed by atoms with Gasteiger partial charge in [-0.15, -0.1) is 6.58 Å². The summed E-state index contributed by atoms with van der Waals surface area (Å²) in [5.41, 5.74) is -0.506. The molecule has 1 unspecified atom stereocenters. The highest BCUT2D eigenvalue weighted by Gasteiger charge is 2.29. The summed E-state index contributed by atoms with van der Waals surface area (Å²) in [6.45, 7) is 7.42. The van der Waals surface area contributed by atoms with Crippen LogP contribution < -0.4 is 0 Å². The Morgan fingerprint density at radius 2 is 1.76 bits per heavy atom. The standard InChI is InChI=1S/C12H24O5/c1-4-6-16-9-12(5-2,7-13)10-17-8-11(3,14)15/h4,13-15H,1,5-10H2,2-3H3. The van der Waals surface area contributed by atoms with E-state index in [1.807, 2.05) is 6.92 Å². The van der Waals surface area contributed by atoms with Crippen molar-refractivity contribution in [3.8, 4) is 0 Å². The molecule has 0 saturated heterocycles. The van der Waals surface area contributed by atoms with Gasteiger partial charge in [-0.05, 0) is 13.3 Å². The van der Waals surface area contributed by atoms with Crippen molar-refractivity contribution in [3.05, 3.63) is 12.7 Å². The first-order valence-electron chi connectivity index (χ1n) is 5.71. The summed E-state index contributed by atoms with van der Waals surface area (Å²) in [4.78, 5) is 0. The van der Waals surface area contributed by atoms with Gasteiger partial charge in [0.05, 0.1) is 33.0 Å². The fourth-order valence-electron chi connectivity index (χ4n) is 1.27. The molecular formula is C12H24O5. The average molecular weight is 248 g/mol. The second-order valence-electron chi connectivity index (χ2n) is 4.53. The van der Waals surface area contributed by atoms with Gasteiger partial charge in [0.1, 0.15) is 0 Å². The van der Waals surface area contributed by atoms with Crippen molar-refractivity contribution in [3.63, 3.8) is 0 Å². The van der Waals surface area contributed by atoms with Crippen LogP contribution in [-0.4, -0.2) is 54.1 Å².